The van der Waals surface area contributed by atoms with Gasteiger partial charge in [0.1, 0.15) is 11.3 Å². The molecule has 0 spiro atoms. The fourth-order valence-corrected chi connectivity index (χ4v) is 2.11. The standard InChI is InChI=1S/C11H11NO/c1-2-4-10-8(3-1)9-7-12-6-5-11(9)13-10/h5-7H,1-4H2. The molecular formula is C11H11NO. The number of hydrogen-bond donors (Lipinski definition) is 0. The Kier molecular flexibility index (Phi) is 1.42. The highest BCUT2D eigenvalue weighted by Gasteiger charge is 2.16. The molecule has 0 saturated heterocycles. The Morgan fingerprint density at radius 1 is 1.23 bits per heavy atom. The summed E-state index contributed by atoms with van der Waals surface area (Å²) >= 11 is 0. The first-order chi connectivity index (χ1) is 6.45. The number of hydrogen-bond acceptors (Lipinski definition) is 2. The van der Waals surface area contributed by atoms with Gasteiger partial charge in [-0.05, 0) is 25.3 Å². The second-order valence-corrected chi connectivity index (χ2v) is 3.58. The predicted octanol–water partition coefficient (Wildman–Crippen LogP) is 2.71. The van der Waals surface area contributed by atoms with Crippen LogP contribution in [0, 0.1) is 0 Å². The summed E-state index contributed by atoms with van der Waals surface area (Å²) in [6.07, 6.45) is 8.52. The Morgan fingerprint density at radius 3 is 3.15 bits per heavy atom. The van der Waals surface area contributed by atoms with E-state index < -0.39 is 0 Å². The molecule has 2 heteroatoms. The molecule has 0 aromatic carbocycles. The fraction of sp³-hybridized carbons (Fsp3) is 0.364. The van der Waals surface area contributed by atoms with Gasteiger partial charge in [-0.2, -0.15) is 0 Å². The maximum atomic E-state index is 5.75. The fourth-order valence-electron chi connectivity index (χ4n) is 2.11. The molecule has 0 aliphatic heterocycles. The van der Waals surface area contributed by atoms with Crippen LogP contribution < -0.4 is 0 Å². The lowest BCUT2D eigenvalue weighted by Crippen LogP contribution is -1.98. The summed E-state index contributed by atoms with van der Waals surface area (Å²) in [6.45, 7) is 0. The smallest absolute Gasteiger partial charge is 0.137 e. The van der Waals surface area contributed by atoms with Gasteiger partial charge in [0.2, 0.25) is 0 Å². The first kappa shape index (κ1) is 7.13. The van der Waals surface area contributed by atoms with Crippen molar-refractivity contribution in [3.05, 3.63) is 29.8 Å². The van der Waals surface area contributed by atoms with E-state index in [9.17, 15) is 0 Å². The molecule has 2 heterocycles. The molecule has 2 aromatic heterocycles. The average molecular weight is 173 g/mol. The normalized spacial score (nSPS) is 16.0. The lowest BCUT2D eigenvalue weighted by Gasteiger charge is -2.07. The summed E-state index contributed by atoms with van der Waals surface area (Å²) in [5.41, 5.74) is 2.40. The molecule has 0 saturated carbocycles. The van der Waals surface area contributed by atoms with Crippen molar-refractivity contribution < 1.29 is 4.42 Å². The third-order valence-electron chi connectivity index (χ3n) is 2.76. The van der Waals surface area contributed by atoms with Crippen molar-refractivity contribution in [3.63, 3.8) is 0 Å². The Bertz CT molecular complexity index is 444. The summed E-state index contributed by atoms with van der Waals surface area (Å²) in [5, 5.41) is 1.22. The Labute approximate surface area is 76.6 Å². The van der Waals surface area contributed by atoms with E-state index in [1.165, 1.54) is 29.6 Å². The molecule has 0 amide bonds. The highest BCUT2D eigenvalue weighted by Crippen LogP contribution is 2.30. The van der Waals surface area contributed by atoms with Crippen LogP contribution in [0.1, 0.15) is 24.2 Å². The first-order valence-electron chi connectivity index (χ1n) is 4.79. The monoisotopic (exact) mass is 173 g/mol. The number of fused-ring (bicyclic) bond motifs is 3. The van der Waals surface area contributed by atoms with Gasteiger partial charge in [0.05, 0.1) is 0 Å². The molecule has 3 rings (SSSR count). The van der Waals surface area contributed by atoms with E-state index in [0.717, 1.165) is 18.4 Å². The van der Waals surface area contributed by atoms with Crippen molar-refractivity contribution in [1.29, 1.82) is 0 Å². The summed E-state index contributed by atoms with van der Waals surface area (Å²) < 4.78 is 5.75. The highest BCUT2D eigenvalue weighted by molar-refractivity contribution is 5.81. The van der Waals surface area contributed by atoms with Gasteiger partial charge >= 0.3 is 0 Å². The maximum absolute atomic E-state index is 5.75. The van der Waals surface area contributed by atoms with Gasteiger partial charge in [-0.3, -0.25) is 4.98 Å². The summed E-state index contributed by atoms with van der Waals surface area (Å²) in [4.78, 5) is 4.13. The molecule has 0 N–H and O–H groups in total. The quantitative estimate of drug-likeness (QED) is 0.612. The minimum atomic E-state index is 1.00. The average Bonchev–Trinajstić information content (AvgIpc) is 2.56. The topological polar surface area (TPSA) is 26.0 Å². The van der Waals surface area contributed by atoms with Crippen LogP contribution in [-0.2, 0) is 12.8 Å². The Balaban J connectivity index is 2.34. The van der Waals surface area contributed by atoms with Crippen molar-refractivity contribution in [3.8, 4) is 0 Å². The van der Waals surface area contributed by atoms with E-state index in [-0.39, 0.29) is 0 Å². The zero-order valence-electron chi connectivity index (χ0n) is 7.42. The Morgan fingerprint density at radius 2 is 2.15 bits per heavy atom. The van der Waals surface area contributed by atoms with Crippen LogP contribution in [0.15, 0.2) is 22.9 Å². The molecule has 2 nitrogen and oxygen atoms in total. The molecule has 0 radical (unpaired) electrons. The lowest BCUT2D eigenvalue weighted by molar-refractivity contribution is 0.506. The van der Waals surface area contributed by atoms with Crippen LogP contribution in [0.5, 0.6) is 0 Å². The van der Waals surface area contributed by atoms with Crippen molar-refractivity contribution in [2.45, 2.75) is 25.7 Å². The molecule has 2 aromatic rings. The number of nitrogens with zero attached hydrogens (tertiary/aromatic N) is 1. The summed E-state index contributed by atoms with van der Waals surface area (Å²) in [6, 6.07) is 1.95. The number of pyridine rings is 1. The Hall–Kier alpha value is -1.31. The van der Waals surface area contributed by atoms with Crippen LogP contribution in [0.2, 0.25) is 0 Å². The number of aryl methyl sites for hydroxylation is 2. The van der Waals surface area contributed by atoms with E-state index in [4.69, 9.17) is 4.42 Å². The number of rotatable bonds is 0. The van der Waals surface area contributed by atoms with Crippen LogP contribution in [-0.4, -0.2) is 4.98 Å². The molecule has 1 aliphatic carbocycles. The maximum Gasteiger partial charge on any atom is 0.137 e. The second kappa shape index (κ2) is 2.59. The number of furan rings is 1. The van der Waals surface area contributed by atoms with Gasteiger partial charge in [0.25, 0.3) is 0 Å². The van der Waals surface area contributed by atoms with E-state index in [2.05, 4.69) is 4.98 Å². The number of aromatic nitrogens is 1. The largest absolute Gasteiger partial charge is 0.461 e. The third-order valence-corrected chi connectivity index (χ3v) is 2.76. The van der Waals surface area contributed by atoms with Gasteiger partial charge in [-0.15, -0.1) is 0 Å². The zero-order valence-corrected chi connectivity index (χ0v) is 7.42. The molecule has 0 atom stereocenters. The van der Waals surface area contributed by atoms with E-state index in [1.54, 1.807) is 6.20 Å². The van der Waals surface area contributed by atoms with Crippen molar-refractivity contribution >= 4 is 11.0 Å². The molecular weight excluding hydrogens is 162 g/mol. The van der Waals surface area contributed by atoms with E-state index in [0.29, 0.717) is 0 Å². The van der Waals surface area contributed by atoms with Crippen LogP contribution in [0.3, 0.4) is 0 Å². The van der Waals surface area contributed by atoms with Gasteiger partial charge in [0.15, 0.2) is 0 Å². The minimum Gasteiger partial charge on any atom is -0.461 e. The van der Waals surface area contributed by atoms with Gasteiger partial charge < -0.3 is 4.42 Å². The lowest BCUT2D eigenvalue weighted by atomic mass is 9.97. The molecule has 1 aliphatic rings. The zero-order chi connectivity index (χ0) is 8.67. The third kappa shape index (κ3) is 0.981. The van der Waals surface area contributed by atoms with E-state index in [1.807, 2.05) is 12.3 Å². The first-order valence-corrected chi connectivity index (χ1v) is 4.79. The van der Waals surface area contributed by atoms with Crippen molar-refractivity contribution in [1.82, 2.24) is 4.98 Å². The molecule has 0 bridgehead atoms. The SMILES string of the molecule is c1cc2oc3c(c2cn1)CCCC3. The summed E-state index contributed by atoms with van der Waals surface area (Å²) in [7, 11) is 0. The second-order valence-electron chi connectivity index (χ2n) is 3.58. The molecule has 66 valence electrons. The van der Waals surface area contributed by atoms with Gasteiger partial charge in [-0.25, -0.2) is 0 Å². The van der Waals surface area contributed by atoms with Gasteiger partial charge in [-0.1, -0.05) is 0 Å². The van der Waals surface area contributed by atoms with Crippen molar-refractivity contribution in [2.24, 2.45) is 0 Å². The predicted molar refractivity (Wildman–Crippen MR) is 50.7 cm³/mol. The van der Waals surface area contributed by atoms with E-state index >= 15 is 0 Å². The van der Waals surface area contributed by atoms with Gasteiger partial charge in [0, 0.05) is 29.8 Å². The highest BCUT2D eigenvalue weighted by atomic mass is 16.3. The van der Waals surface area contributed by atoms with Crippen molar-refractivity contribution in [2.75, 3.05) is 0 Å². The van der Waals surface area contributed by atoms with Crippen LogP contribution in [0.4, 0.5) is 0 Å². The molecule has 0 unspecified atom stereocenters. The summed E-state index contributed by atoms with van der Waals surface area (Å²) in [5.74, 6) is 1.19. The molecule has 13 heavy (non-hydrogen) atoms. The minimum absolute atomic E-state index is 1.00. The van der Waals surface area contributed by atoms with Crippen LogP contribution in [0.25, 0.3) is 11.0 Å². The van der Waals surface area contributed by atoms with Crippen LogP contribution >= 0.6 is 0 Å². The molecule has 0 fully saturated rings.